The van der Waals surface area contributed by atoms with Crippen LogP contribution in [-0.2, 0) is 6.54 Å². The summed E-state index contributed by atoms with van der Waals surface area (Å²) in [5, 5.41) is 7.37. The minimum atomic E-state index is 0.603. The molecule has 21 heavy (non-hydrogen) atoms. The Balaban J connectivity index is 2.00. The van der Waals surface area contributed by atoms with Crippen molar-refractivity contribution in [2.75, 3.05) is 30.4 Å². The maximum absolute atomic E-state index is 4.65. The van der Waals surface area contributed by atoms with Crippen molar-refractivity contribution < 1.29 is 0 Å². The van der Waals surface area contributed by atoms with Gasteiger partial charge in [0.25, 0.3) is 0 Å². The maximum atomic E-state index is 4.65. The van der Waals surface area contributed by atoms with Gasteiger partial charge in [0, 0.05) is 32.9 Å². The molecule has 1 N–H and O–H groups in total. The second kappa shape index (κ2) is 6.07. The number of nitrogens with zero attached hydrogens (tertiary/aromatic N) is 6. The first-order valence-corrected chi connectivity index (χ1v) is 7.52. The van der Waals surface area contributed by atoms with Crippen LogP contribution in [0.2, 0.25) is 0 Å². The monoisotopic (exact) mass is 287 g/mol. The van der Waals surface area contributed by atoms with Gasteiger partial charge in [-0.3, -0.25) is 4.68 Å². The number of rotatable bonds is 5. The molecule has 0 saturated carbocycles. The minimum Gasteiger partial charge on any atom is -0.357 e. The Bertz CT molecular complexity index is 601. The Morgan fingerprint density at radius 2 is 2.00 bits per heavy atom. The molecule has 0 bridgehead atoms. The van der Waals surface area contributed by atoms with Crippen molar-refractivity contribution in [1.29, 1.82) is 0 Å². The summed E-state index contributed by atoms with van der Waals surface area (Å²) in [5.74, 6) is 2.04. The van der Waals surface area contributed by atoms with Gasteiger partial charge in [-0.25, -0.2) is 0 Å². The van der Waals surface area contributed by atoms with Crippen LogP contribution in [0, 0.1) is 0 Å². The summed E-state index contributed by atoms with van der Waals surface area (Å²) in [6, 6.07) is 1.96. The molecule has 2 aromatic heterocycles. The van der Waals surface area contributed by atoms with E-state index in [2.05, 4.69) is 37.2 Å². The van der Waals surface area contributed by atoms with Crippen molar-refractivity contribution in [3.63, 3.8) is 0 Å². The summed E-state index contributed by atoms with van der Waals surface area (Å²) in [5.41, 5.74) is 0.941. The molecular formula is C14H21N7. The van der Waals surface area contributed by atoms with E-state index in [1.807, 2.05) is 17.8 Å². The van der Waals surface area contributed by atoms with Crippen molar-refractivity contribution in [3.8, 4) is 11.5 Å². The molecule has 2 aromatic rings. The van der Waals surface area contributed by atoms with Gasteiger partial charge < -0.3 is 10.2 Å². The van der Waals surface area contributed by atoms with Gasteiger partial charge in [0.15, 0.2) is 5.82 Å². The lowest BCUT2D eigenvalue weighted by Gasteiger charge is -2.16. The average Bonchev–Trinajstić information content (AvgIpc) is 3.18. The van der Waals surface area contributed by atoms with Crippen LogP contribution in [0.1, 0.15) is 26.2 Å². The third-order valence-electron chi connectivity index (χ3n) is 3.62. The number of aromatic nitrogens is 5. The Morgan fingerprint density at radius 3 is 2.71 bits per heavy atom. The Kier molecular flexibility index (Phi) is 3.98. The molecule has 0 aliphatic carbocycles. The highest BCUT2D eigenvalue weighted by molar-refractivity contribution is 5.54. The highest BCUT2D eigenvalue weighted by Crippen LogP contribution is 2.22. The zero-order valence-corrected chi connectivity index (χ0v) is 12.6. The van der Waals surface area contributed by atoms with Crippen LogP contribution in [0.4, 0.5) is 11.9 Å². The fourth-order valence-corrected chi connectivity index (χ4v) is 2.56. The minimum absolute atomic E-state index is 0.603. The third kappa shape index (κ3) is 2.81. The van der Waals surface area contributed by atoms with Crippen LogP contribution in [-0.4, -0.2) is 44.9 Å². The van der Waals surface area contributed by atoms with E-state index in [-0.39, 0.29) is 0 Å². The standard InChI is InChI=1S/C14H21N7/c1-3-8-21-11(6-7-16-21)12-17-13(15-2)19-14(18-12)20-9-4-5-10-20/h6-7H,3-5,8-10H2,1-2H3,(H,15,17,18,19). The predicted molar refractivity (Wildman–Crippen MR) is 82.3 cm³/mol. The summed E-state index contributed by atoms with van der Waals surface area (Å²) in [7, 11) is 1.83. The molecule has 0 amide bonds. The molecular weight excluding hydrogens is 266 g/mol. The van der Waals surface area contributed by atoms with Gasteiger partial charge in [-0.1, -0.05) is 6.92 Å². The molecule has 0 radical (unpaired) electrons. The first-order chi connectivity index (χ1) is 10.3. The predicted octanol–water partition coefficient (Wildman–Crippen LogP) is 1.79. The lowest BCUT2D eigenvalue weighted by atomic mass is 10.4. The quantitative estimate of drug-likeness (QED) is 0.904. The van der Waals surface area contributed by atoms with E-state index in [0.717, 1.165) is 37.7 Å². The summed E-state index contributed by atoms with van der Waals surface area (Å²) in [6.07, 6.45) is 5.22. The largest absolute Gasteiger partial charge is 0.357 e. The number of aryl methyl sites for hydroxylation is 1. The topological polar surface area (TPSA) is 71.8 Å². The Labute approximate surface area is 124 Å². The van der Waals surface area contributed by atoms with E-state index < -0.39 is 0 Å². The van der Waals surface area contributed by atoms with E-state index in [1.54, 1.807) is 6.20 Å². The van der Waals surface area contributed by atoms with Crippen LogP contribution in [0.5, 0.6) is 0 Å². The zero-order valence-electron chi connectivity index (χ0n) is 12.6. The molecule has 3 heterocycles. The average molecular weight is 287 g/mol. The van der Waals surface area contributed by atoms with Crippen molar-refractivity contribution in [2.45, 2.75) is 32.7 Å². The third-order valence-corrected chi connectivity index (χ3v) is 3.62. The molecule has 3 rings (SSSR count). The van der Waals surface area contributed by atoms with Gasteiger partial charge in [0.05, 0.1) is 0 Å². The second-order valence-electron chi connectivity index (χ2n) is 5.17. The first kappa shape index (κ1) is 13.8. The normalized spacial score (nSPS) is 14.7. The van der Waals surface area contributed by atoms with E-state index in [9.17, 15) is 0 Å². The van der Waals surface area contributed by atoms with Crippen LogP contribution >= 0.6 is 0 Å². The van der Waals surface area contributed by atoms with Crippen LogP contribution in [0.25, 0.3) is 11.5 Å². The number of hydrogen-bond donors (Lipinski definition) is 1. The van der Waals surface area contributed by atoms with Gasteiger partial charge in [0.2, 0.25) is 11.9 Å². The van der Waals surface area contributed by atoms with E-state index >= 15 is 0 Å². The number of hydrogen-bond acceptors (Lipinski definition) is 6. The molecule has 1 saturated heterocycles. The maximum Gasteiger partial charge on any atom is 0.230 e. The Morgan fingerprint density at radius 1 is 1.19 bits per heavy atom. The lowest BCUT2D eigenvalue weighted by Crippen LogP contribution is -2.22. The second-order valence-corrected chi connectivity index (χ2v) is 5.17. The van der Waals surface area contributed by atoms with Crippen LogP contribution in [0.3, 0.4) is 0 Å². The summed E-state index contributed by atoms with van der Waals surface area (Å²) < 4.78 is 1.95. The fourth-order valence-electron chi connectivity index (χ4n) is 2.56. The molecule has 7 heteroatoms. The molecule has 0 spiro atoms. The fraction of sp³-hybridized carbons (Fsp3) is 0.571. The van der Waals surface area contributed by atoms with Crippen molar-refractivity contribution in [3.05, 3.63) is 12.3 Å². The Hall–Kier alpha value is -2.18. The van der Waals surface area contributed by atoms with Gasteiger partial charge >= 0.3 is 0 Å². The van der Waals surface area contributed by atoms with Crippen LogP contribution < -0.4 is 10.2 Å². The van der Waals surface area contributed by atoms with Gasteiger partial charge in [0.1, 0.15) is 5.69 Å². The SMILES string of the molecule is CCCn1nccc1-c1nc(NC)nc(N2CCCC2)n1. The van der Waals surface area contributed by atoms with Crippen LogP contribution in [0.15, 0.2) is 12.3 Å². The molecule has 0 atom stereocenters. The summed E-state index contributed by atoms with van der Waals surface area (Å²) >= 11 is 0. The molecule has 7 nitrogen and oxygen atoms in total. The molecule has 112 valence electrons. The van der Waals surface area contributed by atoms with Crippen molar-refractivity contribution in [1.82, 2.24) is 24.7 Å². The molecule has 1 aliphatic heterocycles. The summed E-state index contributed by atoms with van der Waals surface area (Å²) in [4.78, 5) is 15.8. The highest BCUT2D eigenvalue weighted by atomic mass is 15.3. The molecule has 0 aromatic carbocycles. The summed E-state index contributed by atoms with van der Waals surface area (Å²) in [6.45, 7) is 5.02. The lowest BCUT2D eigenvalue weighted by molar-refractivity contribution is 0.606. The number of nitrogens with one attached hydrogen (secondary N) is 1. The van der Waals surface area contributed by atoms with E-state index in [4.69, 9.17) is 0 Å². The molecule has 0 unspecified atom stereocenters. The smallest absolute Gasteiger partial charge is 0.230 e. The highest BCUT2D eigenvalue weighted by Gasteiger charge is 2.18. The molecule has 1 fully saturated rings. The number of anilines is 2. The van der Waals surface area contributed by atoms with Crippen molar-refractivity contribution in [2.24, 2.45) is 0 Å². The zero-order chi connectivity index (χ0) is 14.7. The van der Waals surface area contributed by atoms with Gasteiger partial charge in [-0.2, -0.15) is 20.1 Å². The first-order valence-electron chi connectivity index (χ1n) is 7.52. The van der Waals surface area contributed by atoms with E-state index in [1.165, 1.54) is 12.8 Å². The van der Waals surface area contributed by atoms with E-state index in [0.29, 0.717) is 11.8 Å². The van der Waals surface area contributed by atoms with Gasteiger partial charge in [-0.15, -0.1) is 0 Å². The molecule has 1 aliphatic rings. The van der Waals surface area contributed by atoms with Gasteiger partial charge in [-0.05, 0) is 25.3 Å². The van der Waals surface area contributed by atoms with Crippen molar-refractivity contribution >= 4 is 11.9 Å².